The van der Waals surface area contributed by atoms with Gasteiger partial charge in [0.1, 0.15) is 5.69 Å². The number of nitrogen functional groups attached to an aromatic ring is 1. The number of carbonyl (C=O) groups is 1. The maximum absolute atomic E-state index is 12.3. The van der Waals surface area contributed by atoms with Crippen LogP contribution in [0.4, 0.5) is 5.69 Å². The van der Waals surface area contributed by atoms with Gasteiger partial charge in [0.05, 0.1) is 18.1 Å². The molecule has 3 rings (SSSR count). The van der Waals surface area contributed by atoms with Gasteiger partial charge in [-0.25, -0.2) is 4.98 Å². The Labute approximate surface area is 117 Å². The maximum Gasteiger partial charge on any atom is 0.274 e. The summed E-state index contributed by atoms with van der Waals surface area (Å²) in [5.74, 6) is -0.0410. The quantitative estimate of drug-likeness (QED) is 0.845. The fourth-order valence-electron chi connectivity index (χ4n) is 2.39. The van der Waals surface area contributed by atoms with E-state index in [1.54, 1.807) is 6.20 Å². The van der Waals surface area contributed by atoms with Crippen LogP contribution in [0.2, 0.25) is 0 Å². The fraction of sp³-hybridized carbons (Fsp3) is 0.267. The van der Waals surface area contributed by atoms with Crippen molar-refractivity contribution >= 4 is 11.6 Å². The molecule has 5 heteroatoms. The molecule has 20 heavy (non-hydrogen) atoms. The van der Waals surface area contributed by atoms with Crippen LogP contribution in [-0.2, 0) is 0 Å². The Hall–Kier alpha value is -2.43. The van der Waals surface area contributed by atoms with Gasteiger partial charge in [0.2, 0.25) is 0 Å². The molecule has 0 radical (unpaired) electrons. The third kappa shape index (κ3) is 2.47. The number of hydrogen-bond donors (Lipinski definition) is 1. The van der Waals surface area contributed by atoms with Crippen molar-refractivity contribution in [2.24, 2.45) is 0 Å². The summed E-state index contributed by atoms with van der Waals surface area (Å²) in [7, 11) is 0. The van der Waals surface area contributed by atoms with Crippen LogP contribution in [0.25, 0.3) is 11.3 Å². The third-order valence-corrected chi connectivity index (χ3v) is 3.43. The van der Waals surface area contributed by atoms with E-state index in [2.05, 4.69) is 9.97 Å². The highest BCUT2D eigenvalue weighted by Gasteiger charge is 2.21. The molecule has 1 aromatic heterocycles. The van der Waals surface area contributed by atoms with Gasteiger partial charge in [0, 0.05) is 24.3 Å². The molecule has 2 N–H and O–H groups in total. The van der Waals surface area contributed by atoms with Gasteiger partial charge in [-0.15, -0.1) is 0 Å². The summed E-state index contributed by atoms with van der Waals surface area (Å²) >= 11 is 0. The summed E-state index contributed by atoms with van der Waals surface area (Å²) < 4.78 is 0. The summed E-state index contributed by atoms with van der Waals surface area (Å²) in [6.07, 6.45) is 5.30. The molecule has 0 saturated carbocycles. The second kappa shape index (κ2) is 5.28. The number of nitrogens with zero attached hydrogens (tertiary/aromatic N) is 3. The molecule has 102 valence electrons. The van der Waals surface area contributed by atoms with Gasteiger partial charge in [0.25, 0.3) is 5.91 Å². The van der Waals surface area contributed by atoms with E-state index in [0.29, 0.717) is 17.1 Å². The molecular weight excluding hydrogens is 252 g/mol. The van der Waals surface area contributed by atoms with Crippen molar-refractivity contribution in [3.8, 4) is 11.3 Å². The first kappa shape index (κ1) is 12.6. The molecule has 1 fully saturated rings. The summed E-state index contributed by atoms with van der Waals surface area (Å²) in [5, 5.41) is 0. The van der Waals surface area contributed by atoms with E-state index in [9.17, 15) is 4.79 Å². The molecule has 1 aliphatic heterocycles. The Morgan fingerprint density at radius 3 is 2.75 bits per heavy atom. The Balaban J connectivity index is 1.91. The average molecular weight is 268 g/mol. The lowest BCUT2D eigenvalue weighted by Crippen LogP contribution is -2.28. The second-order valence-electron chi connectivity index (χ2n) is 4.91. The van der Waals surface area contributed by atoms with Crippen molar-refractivity contribution in [1.29, 1.82) is 0 Å². The minimum absolute atomic E-state index is 0.0410. The van der Waals surface area contributed by atoms with E-state index in [-0.39, 0.29) is 5.91 Å². The van der Waals surface area contributed by atoms with Gasteiger partial charge in [-0.3, -0.25) is 9.78 Å². The van der Waals surface area contributed by atoms with Gasteiger partial charge >= 0.3 is 0 Å². The number of likely N-dealkylation sites (tertiary alicyclic amines) is 1. The van der Waals surface area contributed by atoms with Crippen LogP contribution >= 0.6 is 0 Å². The van der Waals surface area contributed by atoms with Gasteiger partial charge in [-0.05, 0) is 25.0 Å². The summed E-state index contributed by atoms with van der Waals surface area (Å²) in [6.45, 7) is 1.62. The largest absolute Gasteiger partial charge is 0.399 e. The summed E-state index contributed by atoms with van der Waals surface area (Å²) in [6, 6.07) is 7.41. The highest BCUT2D eigenvalue weighted by atomic mass is 16.2. The minimum Gasteiger partial charge on any atom is -0.399 e. The zero-order valence-electron chi connectivity index (χ0n) is 11.1. The standard InChI is InChI=1S/C15H16N4O/c16-12-5-3-4-11(8-12)13-9-17-10-14(18-13)15(20)19-6-1-2-7-19/h3-5,8-10H,1-2,6-7,16H2. The molecule has 1 amide bonds. The number of rotatable bonds is 2. The monoisotopic (exact) mass is 268 g/mol. The van der Waals surface area contributed by atoms with E-state index in [1.165, 1.54) is 6.20 Å². The van der Waals surface area contributed by atoms with Crippen LogP contribution in [0, 0.1) is 0 Å². The molecular formula is C15H16N4O. The van der Waals surface area contributed by atoms with Crippen LogP contribution in [0.3, 0.4) is 0 Å². The molecule has 2 heterocycles. The number of hydrogen-bond acceptors (Lipinski definition) is 4. The SMILES string of the molecule is Nc1cccc(-c2cncc(C(=O)N3CCCC3)n2)c1. The highest BCUT2D eigenvalue weighted by molar-refractivity contribution is 5.92. The van der Waals surface area contributed by atoms with E-state index < -0.39 is 0 Å². The van der Waals surface area contributed by atoms with E-state index in [0.717, 1.165) is 31.5 Å². The van der Waals surface area contributed by atoms with Gasteiger partial charge in [0.15, 0.2) is 0 Å². The molecule has 5 nitrogen and oxygen atoms in total. The number of aromatic nitrogens is 2. The van der Waals surface area contributed by atoms with Gasteiger partial charge in [-0.1, -0.05) is 12.1 Å². The predicted octanol–water partition coefficient (Wildman–Crippen LogP) is 1.96. The van der Waals surface area contributed by atoms with Crippen LogP contribution in [0.5, 0.6) is 0 Å². The van der Waals surface area contributed by atoms with Crippen LogP contribution < -0.4 is 5.73 Å². The molecule has 1 aliphatic rings. The van der Waals surface area contributed by atoms with Crippen molar-refractivity contribution in [1.82, 2.24) is 14.9 Å². The molecule has 0 spiro atoms. The molecule has 1 saturated heterocycles. The summed E-state index contributed by atoms with van der Waals surface area (Å²) in [4.78, 5) is 22.7. The molecule has 2 aromatic rings. The zero-order valence-corrected chi connectivity index (χ0v) is 11.1. The van der Waals surface area contributed by atoms with Crippen molar-refractivity contribution in [2.75, 3.05) is 18.8 Å². The number of benzene rings is 1. The first-order valence-electron chi connectivity index (χ1n) is 6.71. The molecule has 0 unspecified atom stereocenters. The van der Waals surface area contributed by atoms with Crippen LogP contribution in [0.1, 0.15) is 23.3 Å². The van der Waals surface area contributed by atoms with Crippen LogP contribution in [0.15, 0.2) is 36.7 Å². The van der Waals surface area contributed by atoms with Crippen molar-refractivity contribution in [3.63, 3.8) is 0 Å². The minimum atomic E-state index is -0.0410. The lowest BCUT2D eigenvalue weighted by atomic mass is 10.1. The first-order valence-corrected chi connectivity index (χ1v) is 6.71. The lowest BCUT2D eigenvalue weighted by Gasteiger charge is -2.14. The average Bonchev–Trinajstić information content (AvgIpc) is 3.01. The first-order chi connectivity index (χ1) is 9.74. The number of anilines is 1. The topological polar surface area (TPSA) is 72.1 Å². The van der Waals surface area contributed by atoms with Gasteiger partial charge in [-0.2, -0.15) is 0 Å². The van der Waals surface area contributed by atoms with E-state index in [1.807, 2.05) is 29.2 Å². The van der Waals surface area contributed by atoms with Crippen molar-refractivity contribution in [3.05, 3.63) is 42.4 Å². The Morgan fingerprint density at radius 1 is 1.20 bits per heavy atom. The van der Waals surface area contributed by atoms with Gasteiger partial charge < -0.3 is 10.6 Å². The molecule has 0 atom stereocenters. The molecule has 1 aromatic carbocycles. The van der Waals surface area contributed by atoms with Crippen LogP contribution in [-0.4, -0.2) is 33.9 Å². The fourth-order valence-corrected chi connectivity index (χ4v) is 2.39. The zero-order chi connectivity index (χ0) is 13.9. The third-order valence-electron chi connectivity index (χ3n) is 3.43. The lowest BCUT2D eigenvalue weighted by molar-refractivity contribution is 0.0786. The molecule has 0 bridgehead atoms. The Kier molecular flexibility index (Phi) is 3.33. The maximum atomic E-state index is 12.3. The highest BCUT2D eigenvalue weighted by Crippen LogP contribution is 2.19. The normalized spacial score (nSPS) is 14.5. The Bertz CT molecular complexity index is 635. The Morgan fingerprint density at radius 2 is 2.00 bits per heavy atom. The predicted molar refractivity (Wildman–Crippen MR) is 77.0 cm³/mol. The van der Waals surface area contributed by atoms with Crippen molar-refractivity contribution < 1.29 is 4.79 Å². The number of carbonyl (C=O) groups excluding carboxylic acids is 1. The summed E-state index contributed by atoms with van der Waals surface area (Å²) in [5.41, 5.74) is 8.37. The van der Waals surface area contributed by atoms with E-state index in [4.69, 9.17) is 5.73 Å². The smallest absolute Gasteiger partial charge is 0.274 e. The van der Waals surface area contributed by atoms with Crippen molar-refractivity contribution in [2.45, 2.75) is 12.8 Å². The number of nitrogens with two attached hydrogens (primary N) is 1. The molecule has 0 aliphatic carbocycles. The second-order valence-corrected chi connectivity index (χ2v) is 4.91. The van der Waals surface area contributed by atoms with E-state index >= 15 is 0 Å². The number of amides is 1.